The minimum atomic E-state index is 0.171. The van der Waals surface area contributed by atoms with Crippen LogP contribution < -0.4 is 15.5 Å². The highest BCUT2D eigenvalue weighted by Gasteiger charge is 2.15. The van der Waals surface area contributed by atoms with Gasteiger partial charge >= 0.3 is 0 Å². The Bertz CT molecular complexity index is 773. The lowest BCUT2D eigenvalue weighted by molar-refractivity contribution is 0.503. The van der Waals surface area contributed by atoms with Gasteiger partial charge in [0.1, 0.15) is 5.82 Å². The predicted octanol–water partition coefficient (Wildman–Crippen LogP) is 3.57. The van der Waals surface area contributed by atoms with E-state index in [4.69, 9.17) is 0 Å². The summed E-state index contributed by atoms with van der Waals surface area (Å²) in [5.74, 6) is 2.41. The molecule has 0 spiro atoms. The van der Waals surface area contributed by atoms with Crippen molar-refractivity contribution in [1.29, 1.82) is 0 Å². The summed E-state index contributed by atoms with van der Waals surface area (Å²) >= 11 is 0. The molecule has 28 heavy (non-hydrogen) atoms. The van der Waals surface area contributed by atoms with Crippen molar-refractivity contribution in [2.75, 3.05) is 25.0 Å². The smallest absolute Gasteiger partial charge is 0.191 e. The summed E-state index contributed by atoms with van der Waals surface area (Å²) in [5, 5.41) is 6.91. The Morgan fingerprint density at radius 3 is 2.71 bits per heavy atom. The molecular formula is C22H34N6. The maximum absolute atomic E-state index is 4.48. The molecule has 2 aromatic rings. The van der Waals surface area contributed by atoms with Gasteiger partial charge in [-0.1, -0.05) is 26.0 Å². The second kappa shape index (κ2) is 9.62. The minimum Gasteiger partial charge on any atom is -0.372 e. The molecule has 1 atom stereocenters. The van der Waals surface area contributed by atoms with Crippen molar-refractivity contribution in [2.24, 2.45) is 10.9 Å². The van der Waals surface area contributed by atoms with Gasteiger partial charge in [0, 0.05) is 44.8 Å². The Balaban J connectivity index is 1.59. The molecule has 1 aromatic carbocycles. The van der Waals surface area contributed by atoms with Crippen LogP contribution in [0.4, 0.5) is 5.69 Å². The zero-order chi connectivity index (χ0) is 19.9. The van der Waals surface area contributed by atoms with Crippen molar-refractivity contribution in [3.05, 3.63) is 48.0 Å². The average Bonchev–Trinajstić information content (AvgIpc) is 3.37. The van der Waals surface area contributed by atoms with Crippen LogP contribution in [0.1, 0.15) is 51.0 Å². The van der Waals surface area contributed by atoms with Gasteiger partial charge in [-0.15, -0.1) is 0 Å². The fraction of sp³-hybridized carbons (Fsp3) is 0.545. The van der Waals surface area contributed by atoms with E-state index in [-0.39, 0.29) is 6.04 Å². The van der Waals surface area contributed by atoms with Crippen molar-refractivity contribution < 1.29 is 0 Å². The summed E-state index contributed by atoms with van der Waals surface area (Å²) in [4.78, 5) is 11.3. The van der Waals surface area contributed by atoms with Gasteiger partial charge in [0.15, 0.2) is 5.96 Å². The number of nitrogens with one attached hydrogen (secondary N) is 2. The lowest BCUT2D eigenvalue weighted by Crippen LogP contribution is -2.38. The minimum absolute atomic E-state index is 0.171. The van der Waals surface area contributed by atoms with E-state index in [2.05, 4.69) is 75.1 Å². The van der Waals surface area contributed by atoms with Gasteiger partial charge in [0.05, 0.1) is 12.6 Å². The third kappa shape index (κ3) is 5.27. The number of guanidine groups is 1. The van der Waals surface area contributed by atoms with E-state index in [0.29, 0.717) is 12.5 Å². The van der Waals surface area contributed by atoms with Crippen molar-refractivity contribution in [3.8, 4) is 0 Å². The third-order valence-electron chi connectivity index (χ3n) is 5.20. The molecule has 1 fully saturated rings. The van der Waals surface area contributed by atoms with Crippen molar-refractivity contribution in [1.82, 2.24) is 20.2 Å². The molecule has 2 heterocycles. The molecule has 2 N–H and O–H groups in total. The van der Waals surface area contributed by atoms with Gasteiger partial charge in [-0.05, 0) is 43.4 Å². The topological polar surface area (TPSA) is 57.5 Å². The first-order chi connectivity index (χ1) is 13.6. The molecular weight excluding hydrogens is 348 g/mol. The van der Waals surface area contributed by atoms with E-state index in [1.807, 2.05) is 19.4 Å². The first-order valence-electron chi connectivity index (χ1n) is 10.4. The molecule has 1 unspecified atom stereocenters. The maximum atomic E-state index is 4.48. The normalized spacial score (nSPS) is 15.9. The van der Waals surface area contributed by atoms with E-state index in [9.17, 15) is 0 Å². The van der Waals surface area contributed by atoms with Gasteiger partial charge in [0.25, 0.3) is 0 Å². The molecule has 1 aliphatic rings. The van der Waals surface area contributed by atoms with Crippen LogP contribution in [-0.2, 0) is 13.1 Å². The zero-order valence-electron chi connectivity index (χ0n) is 17.7. The number of benzene rings is 1. The highest BCUT2D eigenvalue weighted by molar-refractivity contribution is 5.80. The summed E-state index contributed by atoms with van der Waals surface area (Å²) in [7, 11) is 1.81. The van der Waals surface area contributed by atoms with E-state index < -0.39 is 0 Å². The molecule has 1 aromatic heterocycles. The van der Waals surface area contributed by atoms with Gasteiger partial charge < -0.3 is 20.1 Å². The lowest BCUT2D eigenvalue weighted by Gasteiger charge is -2.22. The molecule has 6 nitrogen and oxygen atoms in total. The van der Waals surface area contributed by atoms with Gasteiger partial charge in [0.2, 0.25) is 0 Å². The molecule has 1 saturated heterocycles. The van der Waals surface area contributed by atoms with Gasteiger partial charge in [-0.2, -0.15) is 0 Å². The Morgan fingerprint density at radius 1 is 1.21 bits per heavy atom. The molecule has 152 valence electrons. The fourth-order valence-corrected chi connectivity index (χ4v) is 3.68. The summed E-state index contributed by atoms with van der Waals surface area (Å²) in [6, 6.07) is 9.01. The van der Waals surface area contributed by atoms with Crippen LogP contribution in [0.15, 0.2) is 41.7 Å². The van der Waals surface area contributed by atoms with Crippen LogP contribution >= 0.6 is 0 Å². The van der Waals surface area contributed by atoms with Crippen molar-refractivity contribution in [2.45, 2.75) is 52.7 Å². The molecule has 3 rings (SSSR count). The number of hydrogen-bond acceptors (Lipinski definition) is 3. The van der Waals surface area contributed by atoms with Crippen LogP contribution in [0.5, 0.6) is 0 Å². The second-order valence-electron chi connectivity index (χ2n) is 7.97. The number of rotatable bonds is 7. The second-order valence-corrected chi connectivity index (χ2v) is 7.97. The van der Waals surface area contributed by atoms with Crippen molar-refractivity contribution in [3.63, 3.8) is 0 Å². The lowest BCUT2D eigenvalue weighted by atomic mass is 10.1. The number of anilines is 1. The predicted molar refractivity (Wildman–Crippen MR) is 117 cm³/mol. The Labute approximate surface area is 169 Å². The van der Waals surface area contributed by atoms with Crippen LogP contribution in [0.25, 0.3) is 0 Å². The first-order valence-corrected chi connectivity index (χ1v) is 10.4. The quantitative estimate of drug-likeness (QED) is 0.568. The number of imidazole rings is 1. The van der Waals surface area contributed by atoms with Crippen molar-refractivity contribution >= 4 is 11.6 Å². The average molecular weight is 383 g/mol. The largest absolute Gasteiger partial charge is 0.372 e. The number of hydrogen-bond donors (Lipinski definition) is 2. The Kier molecular flexibility index (Phi) is 6.95. The summed E-state index contributed by atoms with van der Waals surface area (Å²) < 4.78 is 2.20. The SMILES string of the molecule is CN=C(NCc1nccn1CC(C)C)NC(C)c1cccc(N2CCCC2)c1. The first kappa shape index (κ1) is 20.2. The number of aromatic nitrogens is 2. The molecule has 1 aliphatic heterocycles. The van der Waals surface area contributed by atoms with Gasteiger partial charge in [-0.25, -0.2) is 4.98 Å². The van der Waals surface area contributed by atoms with E-state index >= 15 is 0 Å². The Hall–Kier alpha value is -2.50. The third-order valence-corrected chi connectivity index (χ3v) is 5.20. The highest BCUT2D eigenvalue weighted by atomic mass is 15.2. The van der Waals surface area contributed by atoms with Crippen LogP contribution in [0.3, 0.4) is 0 Å². The molecule has 0 radical (unpaired) electrons. The molecule has 6 heteroatoms. The summed E-state index contributed by atoms with van der Waals surface area (Å²) in [6.45, 7) is 10.6. The Morgan fingerprint density at radius 2 is 2.00 bits per heavy atom. The standard InChI is InChI=1S/C22H34N6/c1-17(2)16-28-13-10-24-21(28)15-25-22(23-4)26-18(3)19-8-7-9-20(14-19)27-11-5-6-12-27/h7-10,13-14,17-18H,5-6,11-12,15-16H2,1-4H3,(H2,23,25,26). The molecule has 0 bridgehead atoms. The van der Waals surface area contributed by atoms with Crippen LogP contribution in [-0.4, -0.2) is 35.6 Å². The molecule has 0 amide bonds. The van der Waals surface area contributed by atoms with Crippen LogP contribution in [0.2, 0.25) is 0 Å². The molecule has 0 aliphatic carbocycles. The van der Waals surface area contributed by atoms with E-state index in [1.54, 1.807) is 0 Å². The fourth-order valence-electron chi connectivity index (χ4n) is 3.68. The van der Waals surface area contributed by atoms with Gasteiger partial charge in [-0.3, -0.25) is 4.99 Å². The summed E-state index contributed by atoms with van der Waals surface area (Å²) in [5.41, 5.74) is 2.59. The number of nitrogens with zero attached hydrogens (tertiary/aromatic N) is 4. The number of aliphatic imine (C=N–C) groups is 1. The van der Waals surface area contributed by atoms with Crippen LogP contribution in [0, 0.1) is 5.92 Å². The van der Waals surface area contributed by atoms with E-state index in [0.717, 1.165) is 31.4 Å². The maximum Gasteiger partial charge on any atom is 0.191 e. The van der Waals surface area contributed by atoms with E-state index in [1.165, 1.54) is 24.1 Å². The monoisotopic (exact) mass is 382 g/mol. The molecule has 0 saturated carbocycles. The zero-order valence-corrected chi connectivity index (χ0v) is 17.7. The highest BCUT2D eigenvalue weighted by Crippen LogP contribution is 2.23. The summed E-state index contributed by atoms with van der Waals surface area (Å²) in [6.07, 6.45) is 6.49.